The predicted octanol–water partition coefficient (Wildman–Crippen LogP) is 5.01. The first-order valence-electron chi connectivity index (χ1n) is 7.56. The monoisotopic (exact) mass is 323 g/mol. The smallest absolute Gasteiger partial charge is 0.110 e. The van der Waals surface area contributed by atoms with E-state index in [1.807, 2.05) is 12.3 Å². The molecule has 23 heavy (non-hydrogen) atoms. The Labute approximate surface area is 141 Å². The van der Waals surface area contributed by atoms with Gasteiger partial charge in [0.2, 0.25) is 0 Å². The van der Waals surface area contributed by atoms with Gasteiger partial charge in [-0.15, -0.1) is 12.4 Å². The zero-order chi connectivity index (χ0) is 14.9. The van der Waals surface area contributed by atoms with Crippen LogP contribution in [-0.4, -0.2) is 15.9 Å². The molecule has 2 aromatic heterocycles. The van der Waals surface area contributed by atoms with E-state index < -0.39 is 0 Å². The van der Waals surface area contributed by atoms with Crippen LogP contribution in [0.4, 0.5) is 5.69 Å². The van der Waals surface area contributed by atoms with Crippen molar-refractivity contribution in [2.24, 2.45) is 0 Å². The van der Waals surface area contributed by atoms with Crippen molar-refractivity contribution in [1.29, 1.82) is 0 Å². The highest BCUT2D eigenvalue weighted by molar-refractivity contribution is 5.94. The van der Waals surface area contributed by atoms with Gasteiger partial charge >= 0.3 is 0 Å². The van der Waals surface area contributed by atoms with E-state index in [-0.39, 0.29) is 12.4 Å². The maximum Gasteiger partial charge on any atom is 0.110 e. The molecule has 0 fully saturated rings. The van der Waals surface area contributed by atoms with E-state index in [2.05, 4.69) is 76.4 Å². The Bertz CT molecular complexity index is 945. The zero-order valence-corrected chi connectivity index (χ0v) is 13.7. The van der Waals surface area contributed by atoms with Crippen LogP contribution in [0.3, 0.4) is 0 Å². The SMILES string of the molecule is CCNc1cc(-c2ccccc2)cc2c1ncc1cccn12.Cl. The molecule has 2 aromatic carbocycles. The first-order valence-corrected chi connectivity index (χ1v) is 7.56. The molecule has 1 N–H and O–H groups in total. The molecule has 0 unspecified atom stereocenters. The molecule has 0 radical (unpaired) electrons. The van der Waals surface area contributed by atoms with Crippen molar-refractivity contribution in [2.45, 2.75) is 6.92 Å². The standard InChI is InChI=1S/C19H17N3.ClH/c1-2-20-17-11-15(14-7-4-3-5-8-14)12-18-19(17)21-13-16-9-6-10-22(16)18;/h3-13,20H,2H2,1H3;1H. The van der Waals surface area contributed by atoms with Crippen LogP contribution in [0.15, 0.2) is 67.0 Å². The van der Waals surface area contributed by atoms with Crippen molar-refractivity contribution in [3.63, 3.8) is 0 Å². The van der Waals surface area contributed by atoms with E-state index in [1.54, 1.807) is 0 Å². The number of fused-ring (bicyclic) bond motifs is 3. The van der Waals surface area contributed by atoms with Gasteiger partial charge in [0.1, 0.15) is 5.52 Å². The Morgan fingerprint density at radius 1 is 1.00 bits per heavy atom. The summed E-state index contributed by atoms with van der Waals surface area (Å²) in [6.45, 7) is 2.98. The van der Waals surface area contributed by atoms with Gasteiger partial charge in [0, 0.05) is 12.7 Å². The fourth-order valence-electron chi connectivity index (χ4n) is 2.91. The van der Waals surface area contributed by atoms with E-state index in [1.165, 1.54) is 11.1 Å². The van der Waals surface area contributed by atoms with Gasteiger partial charge in [-0.1, -0.05) is 30.3 Å². The summed E-state index contributed by atoms with van der Waals surface area (Å²) in [7, 11) is 0. The summed E-state index contributed by atoms with van der Waals surface area (Å²) in [6, 6.07) is 19.0. The second-order valence-electron chi connectivity index (χ2n) is 5.35. The van der Waals surface area contributed by atoms with Crippen LogP contribution in [0.2, 0.25) is 0 Å². The molecular weight excluding hydrogens is 306 g/mol. The summed E-state index contributed by atoms with van der Waals surface area (Å²) in [6.07, 6.45) is 4.01. The molecule has 0 bridgehead atoms. The van der Waals surface area contributed by atoms with Crippen molar-refractivity contribution in [1.82, 2.24) is 9.38 Å². The van der Waals surface area contributed by atoms with Crippen molar-refractivity contribution in [2.75, 3.05) is 11.9 Å². The second-order valence-corrected chi connectivity index (χ2v) is 5.35. The topological polar surface area (TPSA) is 29.3 Å². The average Bonchev–Trinajstić information content (AvgIpc) is 3.05. The van der Waals surface area contributed by atoms with E-state index in [0.29, 0.717) is 0 Å². The van der Waals surface area contributed by atoms with Crippen LogP contribution in [0.1, 0.15) is 6.92 Å². The molecule has 4 rings (SSSR count). The summed E-state index contributed by atoms with van der Waals surface area (Å²) in [4.78, 5) is 4.65. The van der Waals surface area contributed by atoms with Gasteiger partial charge in [0.15, 0.2) is 0 Å². The highest BCUT2D eigenvalue weighted by Gasteiger charge is 2.09. The quantitative estimate of drug-likeness (QED) is 0.574. The molecule has 0 saturated carbocycles. The van der Waals surface area contributed by atoms with Gasteiger partial charge in [-0.3, -0.25) is 4.98 Å². The van der Waals surface area contributed by atoms with E-state index in [4.69, 9.17) is 0 Å². The number of rotatable bonds is 3. The average molecular weight is 324 g/mol. The Morgan fingerprint density at radius 3 is 2.61 bits per heavy atom. The lowest BCUT2D eigenvalue weighted by atomic mass is 10.0. The summed E-state index contributed by atoms with van der Waals surface area (Å²) in [5, 5.41) is 3.44. The van der Waals surface area contributed by atoms with Crippen LogP contribution in [0.25, 0.3) is 27.7 Å². The van der Waals surface area contributed by atoms with E-state index >= 15 is 0 Å². The normalized spacial score (nSPS) is 10.7. The number of nitrogens with one attached hydrogen (secondary N) is 1. The highest BCUT2D eigenvalue weighted by atomic mass is 35.5. The number of anilines is 1. The fourth-order valence-corrected chi connectivity index (χ4v) is 2.91. The van der Waals surface area contributed by atoms with Crippen LogP contribution in [-0.2, 0) is 0 Å². The minimum atomic E-state index is 0. The number of hydrogen-bond acceptors (Lipinski definition) is 2. The lowest BCUT2D eigenvalue weighted by molar-refractivity contribution is 1.19. The number of hydrogen-bond donors (Lipinski definition) is 1. The molecule has 116 valence electrons. The minimum absolute atomic E-state index is 0. The molecule has 2 heterocycles. The number of nitrogens with zero attached hydrogens (tertiary/aromatic N) is 2. The molecule has 0 saturated heterocycles. The molecule has 0 aliphatic rings. The highest BCUT2D eigenvalue weighted by Crippen LogP contribution is 2.30. The van der Waals surface area contributed by atoms with Crippen molar-refractivity contribution >= 4 is 34.6 Å². The molecule has 0 aliphatic carbocycles. The van der Waals surface area contributed by atoms with Crippen molar-refractivity contribution in [3.05, 3.63) is 67.0 Å². The summed E-state index contributed by atoms with van der Waals surface area (Å²) >= 11 is 0. The lowest BCUT2D eigenvalue weighted by Gasteiger charge is -2.12. The Morgan fingerprint density at radius 2 is 1.83 bits per heavy atom. The van der Waals surface area contributed by atoms with E-state index in [9.17, 15) is 0 Å². The van der Waals surface area contributed by atoms with Gasteiger partial charge in [-0.2, -0.15) is 0 Å². The third kappa shape index (κ3) is 2.64. The molecule has 0 atom stereocenters. The Hall–Kier alpha value is -2.52. The molecule has 3 nitrogen and oxygen atoms in total. The zero-order valence-electron chi connectivity index (χ0n) is 12.9. The number of halogens is 1. The summed E-state index contributed by atoms with van der Waals surface area (Å²) < 4.78 is 2.19. The fraction of sp³-hybridized carbons (Fsp3) is 0.105. The van der Waals surface area contributed by atoms with Crippen LogP contribution in [0, 0.1) is 0 Å². The van der Waals surface area contributed by atoms with Gasteiger partial charge in [-0.25, -0.2) is 0 Å². The third-order valence-electron chi connectivity index (χ3n) is 3.93. The molecule has 0 aliphatic heterocycles. The first-order chi connectivity index (χ1) is 10.9. The minimum Gasteiger partial charge on any atom is -0.383 e. The number of aromatic nitrogens is 2. The maximum atomic E-state index is 4.65. The molecular formula is C19H18ClN3. The predicted molar refractivity (Wildman–Crippen MR) is 99.5 cm³/mol. The molecule has 4 heteroatoms. The largest absolute Gasteiger partial charge is 0.383 e. The lowest BCUT2D eigenvalue weighted by Crippen LogP contribution is -2.00. The van der Waals surface area contributed by atoms with Crippen molar-refractivity contribution in [3.8, 4) is 11.1 Å². The molecule has 0 amide bonds. The van der Waals surface area contributed by atoms with Crippen LogP contribution >= 0.6 is 12.4 Å². The second kappa shape index (κ2) is 6.31. The van der Waals surface area contributed by atoms with Gasteiger partial charge in [0.25, 0.3) is 0 Å². The van der Waals surface area contributed by atoms with E-state index in [0.717, 1.165) is 28.8 Å². The third-order valence-corrected chi connectivity index (χ3v) is 3.93. The Balaban J connectivity index is 0.00000156. The van der Waals surface area contributed by atoms with Crippen molar-refractivity contribution < 1.29 is 0 Å². The molecule has 4 aromatic rings. The first kappa shape index (κ1) is 15.4. The Kier molecular flexibility index (Phi) is 4.22. The van der Waals surface area contributed by atoms with Gasteiger partial charge in [0.05, 0.1) is 22.9 Å². The number of benzene rings is 2. The van der Waals surface area contributed by atoms with Crippen LogP contribution < -0.4 is 5.32 Å². The van der Waals surface area contributed by atoms with Gasteiger partial charge < -0.3 is 9.72 Å². The maximum absolute atomic E-state index is 4.65. The van der Waals surface area contributed by atoms with Gasteiger partial charge in [-0.05, 0) is 42.3 Å². The summed E-state index contributed by atoms with van der Waals surface area (Å²) in [5.41, 5.74) is 6.74. The van der Waals surface area contributed by atoms with Crippen LogP contribution in [0.5, 0.6) is 0 Å². The molecule has 0 spiro atoms. The summed E-state index contributed by atoms with van der Waals surface area (Å²) in [5.74, 6) is 0.